The standard InChI is InChI=1S/C20H24N2O2/c1-5-18-17(12-9-13-21-18)15-22(19(23)24-20(2,3)4)14-16-10-7-6-8-11-16/h5-13H,1,14-15H2,2-4H3. The average Bonchev–Trinajstić information content (AvgIpc) is 2.54. The first-order chi connectivity index (χ1) is 11.4. The fraction of sp³-hybridized carbons (Fsp3) is 0.300. The Bertz CT molecular complexity index is 690. The summed E-state index contributed by atoms with van der Waals surface area (Å²) in [5, 5.41) is 0. The van der Waals surface area contributed by atoms with E-state index in [9.17, 15) is 4.79 Å². The minimum absolute atomic E-state index is 0.342. The van der Waals surface area contributed by atoms with Crippen LogP contribution < -0.4 is 0 Å². The molecule has 0 spiro atoms. The molecular formula is C20H24N2O2. The number of aromatic nitrogens is 1. The Hall–Kier alpha value is -2.62. The summed E-state index contributed by atoms with van der Waals surface area (Å²) in [6.45, 7) is 10.3. The number of rotatable bonds is 5. The highest BCUT2D eigenvalue weighted by Crippen LogP contribution is 2.17. The zero-order chi connectivity index (χ0) is 17.6. The molecule has 0 bridgehead atoms. The van der Waals surface area contributed by atoms with E-state index in [0.29, 0.717) is 13.1 Å². The van der Waals surface area contributed by atoms with Crippen molar-refractivity contribution in [2.24, 2.45) is 0 Å². The van der Waals surface area contributed by atoms with Gasteiger partial charge in [-0.15, -0.1) is 0 Å². The van der Waals surface area contributed by atoms with E-state index in [4.69, 9.17) is 4.74 Å². The molecule has 1 aromatic carbocycles. The zero-order valence-electron chi connectivity index (χ0n) is 14.5. The summed E-state index contributed by atoms with van der Waals surface area (Å²) in [4.78, 5) is 18.6. The molecule has 0 radical (unpaired) electrons. The summed E-state index contributed by atoms with van der Waals surface area (Å²) in [7, 11) is 0. The number of carbonyl (C=O) groups excluding carboxylic acids is 1. The van der Waals surface area contributed by atoms with Crippen LogP contribution >= 0.6 is 0 Å². The van der Waals surface area contributed by atoms with Crippen LogP contribution in [-0.4, -0.2) is 21.6 Å². The van der Waals surface area contributed by atoms with Crippen LogP contribution in [0.15, 0.2) is 55.2 Å². The SMILES string of the molecule is C=Cc1ncccc1CN(Cc1ccccc1)C(=O)OC(C)(C)C. The highest BCUT2D eigenvalue weighted by molar-refractivity contribution is 5.68. The number of pyridine rings is 1. The van der Waals surface area contributed by atoms with Gasteiger partial charge in [0, 0.05) is 12.7 Å². The summed E-state index contributed by atoms with van der Waals surface area (Å²) >= 11 is 0. The predicted octanol–water partition coefficient (Wildman–Crippen LogP) is 4.66. The Balaban J connectivity index is 2.24. The zero-order valence-corrected chi connectivity index (χ0v) is 14.5. The molecule has 2 rings (SSSR count). The number of benzene rings is 1. The third-order valence-electron chi connectivity index (χ3n) is 3.35. The van der Waals surface area contributed by atoms with Crippen molar-refractivity contribution in [1.82, 2.24) is 9.88 Å². The second-order valence-electron chi connectivity index (χ2n) is 6.57. The summed E-state index contributed by atoms with van der Waals surface area (Å²) in [6, 6.07) is 13.7. The molecule has 0 aliphatic heterocycles. The molecule has 2 aromatic rings. The first-order valence-corrected chi connectivity index (χ1v) is 7.97. The van der Waals surface area contributed by atoms with Crippen molar-refractivity contribution >= 4 is 12.2 Å². The lowest BCUT2D eigenvalue weighted by Gasteiger charge is -2.28. The van der Waals surface area contributed by atoms with E-state index in [1.165, 1.54) is 0 Å². The molecule has 0 atom stereocenters. The van der Waals surface area contributed by atoms with Crippen LogP contribution in [0.1, 0.15) is 37.6 Å². The smallest absolute Gasteiger partial charge is 0.410 e. The normalized spacial score (nSPS) is 11.0. The van der Waals surface area contributed by atoms with E-state index in [1.807, 2.05) is 63.2 Å². The van der Waals surface area contributed by atoms with E-state index in [-0.39, 0.29) is 6.09 Å². The first-order valence-electron chi connectivity index (χ1n) is 7.97. The molecule has 1 amide bonds. The van der Waals surface area contributed by atoms with E-state index in [1.54, 1.807) is 17.2 Å². The van der Waals surface area contributed by atoms with E-state index < -0.39 is 5.60 Å². The van der Waals surface area contributed by atoms with E-state index in [2.05, 4.69) is 11.6 Å². The molecule has 126 valence electrons. The van der Waals surface area contributed by atoms with Crippen LogP contribution in [0.2, 0.25) is 0 Å². The van der Waals surface area contributed by atoms with Crippen molar-refractivity contribution in [2.45, 2.75) is 39.5 Å². The van der Waals surface area contributed by atoms with Crippen LogP contribution in [0.25, 0.3) is 6.08 Å². The van der Waals surface area contributed by atoms with Gasteiger partial charge in [-0.1, -0.05) is 43.0 Å². The Kier molecular flexibility index (Phi) is 5.74. The van der Waals surface area contributed by atoms with Gasteiger partial charge in [0.1, 0.15) is 5.60 Å². The van der Waals surface area contributed by atoms with Crippen LogP contribution in [0.4, 0.5) is 4.79 Å². The maximum absolute atomic E-state index is 12.6. The third kappa shape index (κ3) is 5.23. The van der Waals surface area contributed by atoms with Crippen LogP contribution in [-0.2, 0) is 17.8 Å². The van der Waals surface area contributed by atoms with Crippen molar-refractivity contribution in [3.05, 3.63) is 72.1 Å². The van der Waals surface area contributed by atoms with Crippen molar-refractivity contribution in [3.8, 4) is 0 Å². The van der Waals surface area contributed by atoms with Gasteiger partial charge < -0.3 is 4.74 Å². The number of ether oxygens (including phenoxy) is 1. The molecule has 24 heavy (non-hydrogen) atoms. The Morgan fingerprint density at radius 2 is 1.88 bits per heavy atom. The first kappa shape index (κ1) is 17.7. The summed E-state index contributed by atoms with van der Waals surface area (Å²) in [5.41, 5.74) is 2.23. The lowest BCUT2D eigenvalue weighted by Crippen LogP contribution is -2.36. The largest absolute Gasteiger partial charge is 0.444 e. The lowest BCUT2D eigenvalue weighted by molar-refractivity contribution is 0.0216. The van der Waals surface area contributed by atoms with Gasteiger partial charge in [-0.2, -0.15) is 0 Å². The lowest BCUT2D eigenvalue weighted by atomic mass is 10.1. The average molecular weight is 324 g/mol. The van der Waals surface area contributed by atoms with Gasteiger partial charge in [-0.05, 0) is 44.0 Å². The second-order valence-corrected chi connectivity index (χ2v) is 6.57. The molecule has 0 unspecified atom stereocenters. The van der Waals surface area contributed by atoms with Gasteiger partial charge in [-0.3, -0.25) is 9.88 Å². The quantitative estimate of drug-likeness (QED) is 0.803. The van der Waals surface area contributed by atoms with Crippen LogP contribution in [0, 0.1) is 0 Å². The molecule has 0 fully saturated rings. The minimum atomic E-state index is -0.539. The predicted molar refractivity (Wildman–Crippen MR) is 96.3 cm³/mol. The maximum atomic E-state index is 12.6. The van der Waals surface area contributed by atoms with E-state index in [0.717, 1.165) is 16.8 Å². The number of nitrogens with zero attached hydrogens (tertiary/aromatic N) is 2. The van der Waals surface area contributed by atoms with Crippen molar-refractivity contribution < 1.29 is 9.53 Å². The molecule has 1 aromatic heterocycles. The number of amides is 1. The van der Waals surface area contributed by atoms with Crippen molar-refractivity contribution in [1.29, 1.82) is 0 Å². The fourth-order valence-electron chi connectivity index (χ4n) is 2.29. The molecular weight excluding hydrogens is 300 g/mol. The van der Waals surface area contributed by atoms with Crippen molar-refractivity contribution in [3.63, 3.8) is 0 Å². The number of hydrogen-bond donors (Lipinski definition) is 0. The van der Waals surface area contributed by atoms with Gasteiger partial charge in [0.15, 0.2) is 0 Å². The molecule has 0 saturated heterocycles. The highest BCUT2D eigenvalue weighted by atomic mass is 16.6. The van der Waals surface area contributed by atoms with Crippen LogP contribution in [0.5, 0.6) is 0 Å². The van der Waals surface area contributed by atoms with Gasteiger partial charge in [0.2, 0.25) is 0 Å². The highest BCUT2D eigenvalue weighted by Gasteiger charge is 2.23. The molecule has 4 nitrogen and oxygen atoms in total. The van der Waals surface area contributed by atoms with Gasteiger partial charge in [-0.25, -0.2) is 4.79 Å². The van der Waals surface area contributed by atoms with Gasteiger partial charge in [0.05, 0.1) is 12.2 Å². The maximum Gasteiger partial charge on any atom is 0.410 e. The monoisotopic (exact) mass is 324 g/mol. The molecule has 0 N–H and O–H groups in total. The van der Waals surface area contributed by atoms with Crippen molar-refractivity contribution in [2.75, 3.05) is 0 Å². The Labute approximate surface area is 143 Å². The third-order valence-corrected chi connectivity index (χ3v) is 3.35. The minimum Gasteiger partial charge on any atom is -0.444 e. The summed E-state index contributed by atoms with van der Waals surface area (Å²) < 4.78 is 5.56. The van der Waals surface area contributed by atoms with Crippen LogP contribution in [0.3, 0.4) is 0 Å². The summed E-state index contributed by atoms with van der Waals surface area (Å²) in [6.07, 6.45) is 3.07. The number of hydrogen-bond acceptors (Lipinski definition) is 3. The Morgan fingerprint density at radius 1 is 1.17 bits per heavy atom. The van der Waals surface area contributed by atoms with Gasteiger partial charge in [0.25, 0.3) is 0 Å². The number of carbonyl (C=O) groups is 1. The molecule has 0 aliphatic rings. The Morgan fingerprint density at radius 3 is 2.50 bits per heavy atom. The molecule has 4 heteroatoms. The molecule has 0 aliphatic carbocycles. The molecule has 0 saturated carbocycles. The van der Waals surface area contributed by atoms with E-state index >= 15 is 0 Å². The second kappa shape index (κ2) is 7.77. The topological polar surface area (TPSA) is 42.4 Å². The molecule has 1 heterocycles. The van der Waals surface area contributed by atoms with Gasteiger partial charge >= 0.3 is 6.09 Å². The summed E-state index contributed by atoms with van der Waals surface area (Å²) in [5.74, 6) is 0. The fourth-order valence-corrected chi connectivity index (χ4v) is 2.29.